The Morgan fingerprint density at radius 3 is 2.67 bits per heavy atom. The van der Waals surface area contributed by atoms with Gasteiger partial charge in [0, 0.05) is 23.8 Å². The Bertz CT molecular complexity index is 1420. The van der Waals surface area contributed by atoms with E-state index >= 15 is 0 Å². The number of nitrogens with zero attached hydrogens (tertiary/aromatic N) is 5. The number of nitrogens with one attached hydrogen (secondary N) is 1. The highest BCUT2D eigenvalue weighted by atomic mass is 15.3. The number of hydrogen-bond acceptors (Lipinski definition) is 4. The van der Waals surface area contributed by atoms with Gasteiger partial charge in [-0.3, -0.25) is 4.57 Å². The van der Waals surface area contributed by atoms with Crippen molar-refractivity contribution in [3.05, 3.63) is 89.2 Å². The van der Waals surface area contributed by atoms with Gasteiger partial charge in [-0.1, -0.05) is 36.4 Å². The standard InChI is InChI=1S/C24H20N6/c1-16-11-12-29-22(16)23(26-15-18-7-4-3-5-8-18)27-24(28-29)30-17(2)13-20-19(14-25)9-6-10-21(20)30/h3-13H,15H2,1-2H3,(H,26,27,28). The first kappa shape index (κ1) is 18.0. The van der Waals surface area contributed by atoms with Gasteiger partial charge in [0.15, 0.2) is 5.82 Å². The van der Waals surface area contributed by atoms with Crippen molar-refractivity contribution in [2.75, 3.05) is 5.32 Å². The maximum atomic E-state index is 9.47. The van der Waals surface area contributed by atoms with Gasteiger partial charge in [-0.15, -0.1) is 5.10 Å². The van der Waals surface area contributed by atoms with Crippen LogP contribution in [0.5, 0.6) is 0 Å². The maximum absolute atomic E-state index is 9.47. The molecule has 0 aliphatic rings. The Labute approximate surface area is 174 Å². The monoisotopic (exact) mass is 392 g/mol. The molecule has 0 unspecified atom stereocenters. The molecular formula is C24H20N6. The summed E-state index contributed by atoms with van der Waals surface area (Å²) in [5, 5.41) is 18.6. The van der Waals surface area contributed by atoms with Crippen LogP contribution < -0.4 is 5.32 Å². The van der Waals surface area contributed by atoms with Crippen molar-refractivity contribution in [1.82, 2.24) is 19.2 Å². The number of aryl methyl sites for hydroxylation is 2. The van der Waals surface area contributed by atoms with E-state index in [1.807, 2.05) is 70.7 Å². The highest BCUT2D eigenvalue weighted by molar-refractivity contribution is 5.88. The van der Waals surface area contributed by atoms with Crippen molar-refractivity contribution in [3.8, 4) is 12.0 Å². The third kappa shape index (κ3) is 2.88. The minimum absolute atomic E-state index is 0.566. The topological polar surface area (TPSA) is 70.9 Å². The van der Waals surface area contributed by atoms with Gasteiger partial charge in [0.1, 0.15) is 5.52 Å². The Morgan fingerprint density at radius 2 is 1.87 bits per heavy atom. The van der Waals surface area contributed by atoms with Gasteiger partial charge in [0.2, 0.25) is 0 Å². The fourth-order valence-corrected chi connectivity index (χ4v) is 3.89. The summed E-state index contributed by atoms with van der Waals surface area (Å²) in [7, 11) is 0. The zero-order chi connectivity index (χ0) is 20.7. The molecule has 3 heterocycles. The Balaban J connectivity index is 1.67. The molecule has 2 aromatic carbocycles. The summed E-state index contributed by atoms with van der Waals surface area (Å²) in [4.78, 5) is 4.89. The number of hydrogen-bond donors (Lipinski definition) is 1. The number of anilines is 1. The predicted molar refractivity (Wildman–Crippen MR) is 118 cm³/mol. The molecule has 6 nitrogen and oxygen atoms in total. The Kier molecular flexibility index (Phi) is 4.22. The van der Waals surface area contributed by atoms with Gasteiger partial charge < -0.3 is 5.32 Å². The molecule has 0 fully saturated rings. The fraction of sp³-hybridized carbons (Fsp3) is 0.125. The van der Waals surface area contributed by atoms with E-state index in [9.17, 15) is 5.26 Å². The van der Waals surface area contributed by atoms with E-state index in [0.29, 0.717) is 18.1 Å². The number of rotatable bonds is 4. The summed E-state index contributed by atoms with van der Waals surface area (Å²) in [5.74, 6) is 1.35. The molecule has 0 aliphatic heterocycles. The molecule has 0 spiro atoms. The molecule has 0 saturated carbocycles. The van der Waals surface area contributed by atoms with E-state index in [2.05, 4.69) is 30.4 Å². The highest BCUT2D eigenvalue weighted by Crippen LogP contribution is 2.27. The molecule has 3 aromatic heterocycles. The van der Waals surface area contributed by atoms with Crippen LogP contribution >= 0.6 is 0 Å². The first-order valence-electron chi connectivity index (χ1n) is 9.81. The van der Waals surface area contributed by atoms with Crippen LogP contribution in [0.2, 0.25) is 0 Å². The van der Waals surface area contributed by atoms with Gasteiger partial charge in [-0.2, -0.15) is 10.2 Å². The van der Waals surface area contributed by atoms with E-state index in [-0.39, 0.29) is 0 Å². The van der Waals surface area contributed by atoms with Crippen LogP contribution in [-0.4, -0.2) is 19.2 Å². The largest absolute Gasteiger partial charge is 0.364 e. The fourth-order valence-electron chi connectivity index (χ4n) is 3.89. The third-order valence-electron chi connectivity index (χ3n) is 5.35. The summed E-state index contributed by atoms with van der Waals surface area (Å²) in [6, 6.07) is 22.3. The van der Waals surface area contributed by atoms with Crippen LogP contribution in [0.15, 0.2) is 66.9 Å². The third-order valence-corrected chi connectivity index (χ3v) is 5.35. The van der Waals surface area contributed by atoms with Crippen LogP contribution in [0.25, 0.3) is 22.4 Å². The molecule has 0 saturated heterocycles. The second-order valence-electron chi connectivity index (χ2n) is 7.36. The Hall–Kier alpha value is -4.11. The lowest BCUT2D eigenvalue weighted by molar-refractivity contribution is 0.822. The van der Waals surface area contributed by atoms with Crippen LogP contribution in [-0.2, 0) is 6.54 Å². The lowest BCUT2D eigenvalue weighted by atomic mass is 10.1. The van der Waals surface area contributed by atoms with E-state index < -0.39 is 0 Å². The molecule has 6 heteroatoms. The van der Waals surface area contributed by atoms with Gasteiger partial charge in [-0.25, -0.2) is 4.52 Å². The molecule has 5 aromatic rings. The second kappa shape index (κ2) is 7.05. The molecule has 0 bridgehead atoms. The molecule has 0 radical (unpaired) electrons. The van der Waals surface area contributed by atoms with Gasteiger partial charge in [0.05, 0.1) is 17.1 Å². The number of benzene rings is 2. The summed E-state index contributed by atoms with van der Waals surface area (Å²) in [6.45, 7) is 4.73. The lowest BCUT2D eigenvalue weighted by Gasteiger charge is -2.13. The second-order valence-corrected chi connectivity index (χ2v) is 7.36. The maximum Gasteiger partial charge on any atom is 0.254 e. The first-order valence-corrected chi connectivity index (χ1v) is 9.81. The highest BCUT2D eigenvalue weighted by Gasteiger charge is 2.16. The number of fused-ring (bicyclic) bond motifs is 2. The zero-order valence-corrected chi connectivity index (χ0v) is 16.8. The number of aromatic nitrogens is 4. The minimum atomic E-state index is 0.566. The van der Waals surface area contributed by atoms with Crippen LogP contribution in [0.3, 0.4) is 0 Å². The van der Waals surface area contributed by atoms with Gasteiger partial charge in [-0.05, 0) is 49.2 Å². The molecule has 0 atom stereocenters. The van der Waals surface area contributed by atoms with E-state index in [0.717, 1.165) is 33.5 Å². The van der Waals surface area contributed by atoms with Crippen molar-refractivity contribution >= 4 is 22.2 Å². The molecule has 5 rings (SSSR count). The van der Waals surface area contributed by atoms with Crippen LogP contribution in [0, 0.1) is 25.2 Å². The Morgan fingerprint density at radius 1 is 1.03 bits per heavy atom. The van der Waals surface area contributed by atoms with Crippen LogP contribution in [0.4, 0.5) is 5.82 Å². The van der Waals surface area contributed by atoms with Crippen molar-refractivity contribution in [2.45, 2.75) is 20.4 Å². The molecule has 1 N–H and O–H groups in total. The molecule has 0 amide bonds. The summed E-state index contributed by atoms with van der Waals surface area (Å²) >= 11 is 0. The lowest BCUT2D eigenvalue weighted by Crippen LogP contribution is -2.11. The van der Waals surface area contributed by atoms with Crippen molar-refractivity contribution in [3.63, 3.8) is 0 Å². The first-order chi connectivity index (χ1) is 14.7. The normalized spacial score (nSPS) is 11.1. The average Bonchev–Trinajstić information content (AvgIpc) is 3.31. The molecule has 30 heavy (non-hydrogen) atoms. The molecular weight excluding hydrogens is 372 g/mol. The van der Waals surface area contributed by atoms with Gasteiger partial charge >= 0.3 is 0 Å². The summed E-state index contributed by atoms with van der Waals surface area (Å²) < 4.78 is 3.86. The van der Waals surface area contributed by atoms with Crippen LogP contribution in [0.1, 0.15) is 22.4 Å². The molecule has 0 aliphatic carbocycles. The minimum Gasteiger partial charge on any atom is -0.364 e. The van der Waals surface area contributed by atoms with E-state index in [1.165, 1.54) is 5.56 Å². The number of nitriles is 1. The zero-order valence-electron chi connectivity index (χ0n) is 16.8. The van der Waals surface area contributed by atoms with Crippen molar-refractivity contribution < 1.29 is 0 Å². The van der Waals surface area contributed by atoms with Gasteiger partial charge in [0.25, 0.3) is 5.95 Å². The summed E-state index contributed by atoms with van der Waals surface area (Å²) in [5.41, 5.74) is 5.80. The van der Waals surface area contributed by atoms with Crippen molar-refractivity contribution in [2.24, 2.45) is 0 Å². The SMILES string of the molecule is Cc1ccn2nc(-n3c(C)cc4c(C#N)cccc43)nc(NCc3ccccc3)c12. The molecule has 146 valence electrons. The summed E-state index contributed by atoms with van der Waals surface area (Å²) in [6.07, 6.45) is 1.95. The smallest absolute Gasteiger partial charge is 0.254 e. The average molecular weight is 392 g/mol. The van der Waals surface area contributed by atoms with Crippen molar-refractivity contribution in [1.29, 1.82) is 5.26 Å². The van der Waals surface area contributed by atoms with E-state index in [4.69, 9.17) is 10.1 Å². The van der Waals surface area contributed by atoms with E-state index in [1.54, 1.807) is 0 Å². The predicted octanol–water partition coefficient (Wildman–Crippen LogP) is 4.77. The quantitative estimate of drug-likeness (QED) is 0.478.